The van der Waals surface area contributed by atoms with Gasteiger partial charge in [0, 0.05) is 61.4 Å². The van der Waals surface area contributed by atoms with Crippen LogP contribution in [0.3, 0.4) is 0 Å². The zero-order valence-electron chi connectivity index (χ0n) is 23.5. The van der Waals surface area contributed by atoms with Crippen LogP contribution in [0.2, 0.25) is 0 Å². The summed E-state index contributed by atoms with van der Waals surface area (Å²) in [5, 5.41) is 7.57. The van der Waals surface area contributed by atoms with Gasteiger partial charge in [-0.25, -0.2) is 0 Å². The number of esters is 2. The Kier molecular flexibility index (Phi) is 12.5. The van der Waals surface area contributed by atoms with Crippen LogP contribution in [0.5, 0.6) is 0 Å². The zero-order chi connectivity index (χ0) is 26.1. The van der Waals surface area contributed by atoms with E-state index >= 15 is 0 Å². The molecule has 34 heavy (non-hydrogen) atoms. The Morgan fingerprint density at radius 1 is 0.706 bits per heavy atom. The first-order valence-corrected chi connectivity index (χ1v) is 12.9. The molecule has 0 radical (unpaired) electrons. The predicted molar refractivity (Wildman–Crippen MR) is 138 cm³/mol. The van der Waals surface area contributed by atoms with Gasteiger partial charge in [-0.1, -0.05) is 0 Å². The van der Waals surface area contributed by atoms with Crippen LogP contribution in [0, 0.1) is 0 Å². The third kappa shape index (κ3) is 10.6. The second-order valence-corrected chi connectivity index (χ2v) is 11.5. The number of nitrogens with zero attached hydrogens (tertiary/aromatic N) is 2. The molecular weight excluding hydrogens is 432 g/mol. The number of carbonyl (C=O) groups excluding carboxylic acids is 2. The summed E-state index contributed by atoms with van der Waals surface area (Å²) in [5.41, 5.74) is -0.180. The van der Waals surface area contributed by atoms with Gasteiger partial charge in [-0.05, 0) is 68.2 Å². The van der Waals surface area contributed by atoms with Crippen molar-refractivity contribution in [2.45, 2.75) is 116 Å². The minimum absolute atomic E-state index is 0.0900. The third-order valence-corrected chi connectivity index (χ3v) is 7.08. The molecule has 1 aliphatic rings. The maximum Gasteiger partial charge on any atom is 0.306 e. The Morgan fingerprint density at radius 3 is 1.32 bits per heavy atom. The Balaban J connectivity index is 3.13. The maximum absolute atomic E-state index is 11.9. The number of rotatable bonds is 6. The van der Waals surface area contributed by atoms with E-state index in [1.807, 2.05) is 0 Å². The quantitative estimate of drug-likeness (QED) is 0.557. The Labute approximate surface area is 208 Å². The highest BCUT2D eigenvalue weighted by atomic mass is 16.5. The van der Waals surface area contributed by atoms with Crippen molar-refractivity contribution in [3.63, 3.8) is 0 Å². The van der Waals surface area contributed by atoms with E-state index in [9.17, 15) is 9.59 Å². The van der Waals surface area contributed by atoms with Crippen molar-refractivity contribution < 1.29 is 19.1 Å². The van der Waals surface area contributed by atoms with Gasteiger partial charge in [-0.2, -0.15) is 0 Å². The first kappa shape index (κ1) is 30.8. The molecule has 0 aliphatic carbocycles. The van der Waals surface area contributed by atoms with Gasteiger partial charge in [0.25, 0.3) is 0 Å². The number of nitrogens with one attached hydrogen (secondary N) is 2. The topological polar surface area (TPSA) is 83.1 Å². The van der Waals surface area contributed by atoms with E-state index in [0.717, 1.165) is 25.9 Å². The number of carbonyl (C=O) groups is 2. The second kappa shape index (κ2) is 13.8. The molecule has 8 nitrogen and oxygen atoms in total. The van der Waals surface area contributed by atoms with E-state index in [0.29, 0.717) is 38.0 Å². The molecule has 1 heterocycles. The smallest absolute Gasteiger partial charge is 0.306 e. The van der Waals surface area contributed by atoms with Crippen molar-refractivity contribution in [1.82, 2.24) is 20.4 Å². The van der Waals surface area contributed by atoms with Crippen LogP contribution >= 0.6 is 0 Å². The van der Waals surface area contributed by atoms with Gasteiger partial charge >= 0.3 is 11.9 Å². The van der Waals surface area contributed by atoms with Crippen LogP contribution in [-0.4, -0.2) is 97.4 Å². The van der Waals surface area contributed by atoms with Crippen molar-refractivity contribution >= 4 is 11.9 Å². The Morgan fingerprint density at radius 2 is 1.03 bits per heavy atom. The van der Waals surface area contributed by atoms with Crippen molar-refractivity contribution in [1.29, 1.82) is 0 Å². The molecule has 0 bridgehead atoms. The average Bonchev–Trinajstić information content (AvgIpc) is 2.71. The fraction of sp³-hybridized carbons (Fsp3) is 0.923. The SMILES string of the molecule is COC(=O)CCN1CC(C)NC(C)CC(C)(C)N(CCC(=O)OC)CC(C)NC(C)CC1(C)C. The van der Waals surface area contributed by atoms with Gasteiger partial charge in [0.05, 0.1) is 27.1 Å². The maximum atomic E-state index is 11.9. The van der Waals surface area contributed by atoms with Gasteiger partial charge < -0.3 is 20.1 Å². The number of hydrogen-bond acceptors (Lipinski definition) is 8. The standard InChI is InChI=1S/C26H52N4O4/c1-19-15-25(5,6)29(13-11-23(31)33-9)18-22(4)28-20(2)16-26(7,8)30(17-21(3)27-19)14-12-24(32)34-10/h19-22,27-28H,11-18H2,1-10H3. The molecule has 1 fully saturated rings. The highest BCUT2D eigenvalue weighted by Gasteiger charge is 2.34. The fourth-order valence-electron chi connectivity index (χ4n) is 5.55. The van der Waals surface area contributed by atoms with Gasteiger partial charge in [0.15, 0.2) is 0 Å². The van der Waals surface area contributed by atoms with E-state index in [1.54, 1.807) is 0 Å². The van der Waals surface area contributed by atoms with E-state index < -0.39 is 0 Å². The molecule has 0 aromatic heterocycles. The van der Waals surface area contributed by atoms with E-state index in [4.69, 9.17) is 9.47 Å². The first-order valence-electron chi connectivity index (χ1n) is 12.9. The predicted octanol–water partition coefficient (Wildman–Crippen LogP) is 2.80. The van der Waals surface area contributed by atoms with Crippen LogP contribution in [0.1, 0.15) is 81.1 Å². The van der Waals surface area contributed by atoms with Crippen molar-refractivity contribution in [2.24, 2.45) is 0 Å². The molecule has 4 atom stereocenters. The van der Waals surface area contributed by atoms with Crippen molar-refractivity contribution in [3.05, 3.63) is 0 Å². The van der Waals surface area contributed by atoms with Gasteiger partial charge in [0.1, 0.15) is 0 Å². The Hall–Kier alpha value is -1.22. The third-order valence-electron chi connectivity index (χ3n) is 7.08. The highest BCUT2D eigenvalue weighted by molar-refractivity contribution is 5.69. The molecule has 0 saturated carbocycles. The molecule has 0 spiro atoms. The highest BCUT2D eigenvalue weighted by Crippen LogP contribution is 2.25. The zero-order valence-corrected chi connectivity index (χ0v) is 23.5. The molecule has 0 aromatic carbocycles. The van der Waals surface area contributed by atoms with Crippen molar-refractivity contribution in [3.8, 4) is 0 Å². The summed E-state index contributed by atoms with van der Waals surface area (Å²) in [7, 11) is 2.90. The molecule has 2 N–H and O–H groups in total. The summed E-state index contributed by atoms with van der Waals surface area (Å²) in [6.07, 6.45) is 2.68. The second-order valence-electron chi connectivity index (χ2n) is 11.5. The molecule has 8 heteroatoms. The largest absolute Gasteiger partial charge is 0.469 e. The summed E-state index contributed by atoms with van der Waals surface area (Å²) in [5.74, 6) is -0.337. The lowest BCUT2D eigenvalue weighted by molar-refractivity contribution is -0.142. The molecule has 200 valence electrons. The summed E-state index contributed by atoms with van der Waals surface area (Å²) in [6, 6.07) is 1.11. The summed E-state index contributed by atoms with van der Waals surface area (Å²) in [6.45, 7) is 21.0. The first-order chi connectivity index (χ1) is 15.7. The minimum atomic E-state index is -0.169. The molecule has 1 aliphatic heterocycles. The van der Waals surface area contributed by atoms with Gasteiger partial charge in [-0.3, -0.25) is 19.4 Å². The monoisotopic (exact) mass is 484 g/mol. The van der Waals surface area contributed by atoms with E-state index in [-0.39, 0.29) is 35.1 Å². The van der Waals surface area contributed by atoms with Crippen LogP contribution in [0.25, 0.3) is 0 Å². The minimum Gasteiger partial charge on any atom is -0.469 e. The number of hydrogen-bond donors (Lipinski definition) is 2. The molecule has 1 rings (SSSR count). The lowest BCUT2D eigenvalue weighted by Gasteiger charge is -2.45. The van der Waals surface area contributed by atoms with E-state index in [1.165, 1.54) is 14.2 Å². The molecule has 0 amide bonds. The molecule has 1 saturated heterocycles. The van der Waals surface area contributed by atoms with Crippen LogP contribution in [-0.2, 0) is 19.1 Å². The lowest BCUT2D eigenvalue weighted by atomic mass is 9.90. The summed E-state index contributed by atoms with van der Waals surface area (Å²) >= 11 is 0. The van der Waals surface area contributed by atoms with E-state index in [2.05, 4.69) is 75.8 Å². The number of methoxy groups -OCH3 is 2. The van der Waals surface area contributed by atoms with Gasteiger partial charge in [0.2, 0.25) is 0 Å². The van der Waals surface area contributed by atoms with Gasteiger partial charge in [-0.15, -0.1) is 0 Å². The normalized spacial score (nSPS) is 29.7. The van der Waals surface area contributed by atoms with Crippen molar-refractivity contribution in [2.75, 3.05) is 40.4 Å². The molecule has 4 unspecified atom stereocenters. The van der Waals surface area contributed by atoms with Crippen LogP contribution in [0.15, 0.2) is 0 Å². The summed E-state index contributed by atoms with van der Waals surface area (Å²) in [4.78, 5) is 28.6. The lowest BCUT2D eigenvalue weighted by Crippen LogP contribution is -2.58. The summed E-state index contributed by atoms with van der Waals surface area (Å²) < 4.78 is 9.81. The average molecular weight is 485 g/mol. The van der Waals surface area contributed by atoms with Crippen LogP contribution in [0.4, 0.5) is 0 Å². The number of ether oxygens (including phenoxy) is 2. The molecule has 0 aromatic rings. The Bertz CT molecular complexity index is 586. The fourth-order valence-corrected chi connectivity index (χ4v) is 5.55. The van der Waals surface area contributed by atoms with Crippen LogP contribution < -0.4 is 10.6 Å². The molecular formula is C26H52N4O4.